The molecule has 2 atom stereocenters. The van der Waals surface area contributed by atoms with Crippen LogP contribution < -0.4 is 5.73 Å². The van der Waals surface area contributed by atoms with E-state index >= 15 is 0 Å². The van der Waals surface area contributed by atoms with Crippen molar-refractivity contribution in [2.75, 3.05) is 13.1 Å². The molecule has 22 heavy (non-hydrogen) atoms. The van der Waals surface area contributed by atoms with Crippen LogP contribution in [0.5, 0.6) is 0 Å². The Hall–Kier alpha value is -1.38. The summed E-state index contributed by atoms with van der Waals surface area (Å²) in [4.78, 5) is 2.39. The van der Waals surface area contributed by atoms with Gasteiger partial charge in [0, 0.05) is 19.1 Å². The predicted molar refractivity (Wildman–Crippen MR) is 97.9 cm³/mol. The van der Waals surface area contributed by atoms with Gasteiger partial charge in [0.05, 0.1) is 5.54 Å². The van der Waals surface area contributed by atoms with Crippen molar-refractivity contribution in [3.8, 4) is 0 Å². The maximum atomic E-state index is 7.01. The Morgan fingerprint density at radius 1 is 1.14 bits per heavy atom. The molecule has 2 N–H and O–H groups in total. The summed E-state index contributed by atoms with van der Waals surface area (Å²) in [6, 6.07) is 10.8. The van der Waals surface area contributed by atoms with Crippen LogP contribution in [0.4, 0.5) is 0 Å². The molecule has 0 saturated heterocycles. The zero-order valence-corrected chi connectivity index (χ0v) is 14.3. The molecule has 1 aromatic rings. The normalized spacial score (nSPS) is 15.3. The summed E-state index contributed by atoms with van der Waals surface area (Å²) in [5, 5.41) is 0. The van der Waals surface area contributed by atoms with E-state index in [1.54, 1.807) is 0 Å². The molecule has 1 aromatic carbocycles. The summed E-state index contributed by atoms with van der Waals surface area (Å²) in [6.07, 6.45) is 8.21. The fourth-order valence-electron chi connectivity index (χ4n) is 3.33. The van der Waals surface area contributed by atoms with Crippen LogP contribution in [-0.4, -0.2) is 24.0 Å². The van der Waals surface area contributed by atoms with Gasteiger partial charge in [-0.25, -0.2) is 0 Å². The molecule has 2 unspecified atom stereocenters. The van der Waals surface area contributed by atoms with Gasteiger partial charge in [-0.2, -0.15) is 0 Å². The zero-order valence-electron chi connectivity index (χ0n) is 14.3. The third kappa shape index (κ3) is 4.56. The molecule has 0 aliphatic heterocycles. The number of nitrogens with zero attached hydrogens (tertiary/aromatic N) is 1. The average molecular weight is 300 g/mol. The third-order valence-corrected chi connectivity index (χ3v) is 4.40. The Morgan fingerprint density at radius 3 is 2.18 bits per heavy atom. The van der Waals surface area contributed by atoms with Crippen molar-refractivity contribution >= 4 is 0 Å². The van der Waals surface area contributed by atoms with Crippen LogP contribution in [-0.2, 0) is 5.54 Å². The van der Waals surface area contributed by atoms with Crippen LogP contribution >= 0.6 is 0 Å². The topological polar surface area (TPSA) is 29.3 Å². The highest BCUT2D eigenvalue weighted by atomic mass is 15.2. The SMILES string of the molecule is C=CCN(CC=C)C(CC)C(N)(CCCC)c1ccccc1. The van der Waals surface area contributed by atoms with Gasteiger partial charge in [0.2, 0.25) is 0 Å². The highest BCUT2D eigenvalue weighted by Gasteiger charge is 2.37. The van der Waals surface area contributed by atoms with E-state index in [0.29, 0.717) is 0 Å². The van der Waals surface area contributed by atoms with Crippen LogP contribution in [0.2, 0.25) is 0 Å². The molecule has 0 spiro atoms. The molecule has 0 aromatic heterocycles. The Bertz CT molecular complexity index is 430. The van der Waals surface area contributed by atoms with Gasteiger partial charge in [-0.3, -0.25) is 4.90 Å². The first-order valence-corrected chi connectivity index (χ1v) is 8.44. The number of unbranched alkanes of at least 4 members (excludes halogenated alkanes) is 1. The molecule has 0 heterocycles. The molecule has 0 saturated carbocycles. The lowest BCUT2D eigenvalue weighted by molar-refractivity contribution is 0.129. The van der Waals surface area contributed by atoms with Crippen LogP contribution in [0.15, 0.2) is 55.6 Å². The van der Waals surface area contributed by atoms with E-state index in [1.165, 1.54) is 5.56 Å². The summed E-state index contributed by atoms with van der Waals surface area (Å²) in [5.74, 6) is 0. The lowest BCUT2D eigenvalue weighted by Gasteiger charge is -2.44. The van der Waals surface area contributed by atoms with Gasteiger partial charge in [-0.15, -0.1) is 13.2 Å². The maximum absolute atomic E-state index is 7.01. The van der Waals surface area contributed by atoms with Crippen LogP contribution in [0.25, 0.3) is 0 Å². The summed E-state index contributed by atoms with van der Waals surface area (Å²) in [7, 11) is 0. The van der Waals surface area contributed by atoms with E-state index in [9.17, 15) is 0 Å². The first kappa shape index (κ1) is 18.7. The fourth-order valence-corrected chi connectivity index (χ4v) is 3.33. The Morgan fingerprint density at radius 2 is 1.73 bits per heavy atom. The van der Waals surface area contributed by atoms with Crippen LogP contribution in [0.3, 0.4) is 0 Å². The van der Waals surface area contributed by atoms with Crippen LogP contribution in [0.1, 0.15) is 45.1 Å². The monoisotopic (exact) mass is 300 g/mol. The zero-order chi connectivity index (χ0) is 16.4. The summed E-state index contributed by atoms with van der Waals surface area (Å²) in [5.41, 5.74) is 7.91. The molecule has 0 radical (unpaired) electrons. The van der Waals surface area contributed by atoms with Gasteiger partial charge >= 0.3 is 0 Å². The molecular formula is C20H32N2. The fraction of sp³-hybridized carbons (Fsp3) is 0.500. The van der Waals surface area contributed by atoms with Crippen molar-refractivity contribution < 1.29 is 0 Å². The molecule has 122 valence electrons. The quantitative estimate of drug-likeness (QED) is 0.610. The smallest absolute Gasteiger partial charge is 0.0567 e. The van der Waals surface area contributed by atoms with Crippen molar-refractivity contribution in [3.63, 3.8) is 0 Å². The van der Waals surface area contributed by atoms with Gasteiger partial charge < -0.3 is 5.73 Å². The Kier molecular flexibility index (Phi) is 8.15. The average Bonchev–Trinajstić information content (AvgIpc) is 2.55. The van der Waals surface area contributed by atoms with E-state index in [-0.39, 0.29) is 11.6 Å². The highest BCUT2D eigenvalue weighted by Crippen LogP contribution is 2.33. The van der Waals surface area contributed by atoms with Gasteiger partial charge in [0.1, 0.15) is 0 Å². The third-order valence-electron chi connectivity index (χ3n) is 4.40. The molecule has 0 aliphatic rings. The van der Waals surface area contributed by atoms with Gasteiger partial charge in [0.15, 0.2) is 0 Å². The van der Waals surface area contributed by atoms with Crippen molar-refractivity contribution in [3.05, 3.63) is 61.2 Å². The van der Waals surface area contributed by atoms with E-state index < -0.39 is 0 Å². The summed E-state index contributed by atoms with van der Waals surface area (Å²) < 4.78 is 0. The molecular weight excluding hydrogens is 268 g/mol. The highest BCUT2D eigenvalue weighted by molar-refractivity contribution is 5.26. The Balaban J connectivity index is 3.20. The van der Waals surface area contributed by atoms with E-state index in [0.717, 1.165) is 38.8 Å². The van der Waals surface area contributed by atoms with Crippen molar-refractivity contribution in [2.24, 2.45) is 5.73 Å². The lowest BCUT2D eigenvalue weighted by Crippen LogP contribution is -2.56. The molecule has 0 aliphatic carbocycles. The number of benzene rings is 1. The van der Waals surface area contributed by atoms with Crippen molar-refractivity contribution in [2.45, 2.75) is 51.1 Å². The summed E-state index contributed by atoms with van der Waals surface area (Å²) in [6.45, 7) is 13.9. The minimum atomic E-state index is -0.335. The van der Waals surface area contributed by atoms with Gasteiger partial charge in [-0.1, -0.05) is 69.2 Å². The van der Waals surface area contributed by atoms with Gasteiger partial charge in [-0.05, 0) is 18.4 Å². The largest absolute Gasteiger partial charge is 0.320 e. The molecule has 0 amide bonds. The Labute approximate surface area is 136 Å². The minimum absolute atomic E-state index is 0.275. The maximum Gasteiger partial charge on any atom is 0.0567 e. The summed E-state index contributed by atoms with van der Waals surface area (Å²) >= 11 is 0. The molecule has 2 nitrogen and oxygen atoms in total. The first-order chi connectivity index (χ1) is 10.6. The van der Waals surface area contributed by atoms with E-state index in [4.69, 9.17) is 5.73 Å². The van der Waals surface area contributed by atoms with E-state index in [2.05, 4.69) is 62.2 Å². The van der Waals surface area contributed by atoms with Crippen molar-refractivity contribution in [1.29, 1.82) is 0 Å². The molecule has 1 rings (SSSR count). The molecule has 0 fully saturated rings. The van der Waals surface area contributed by atoms with Crippen molar-refractivity contribution in [1.82, 2.24) is 4.90 Å². The van der Waals surface area contributed by atoms with Crippen LogP contribution in [0, 0.1) is 0 Å². The number of nitrogens with two attached hydrogens (primary N) is 1. The predicted octanol–water partition coefficient (Wildman–Crippen LogP) is 4.48. The minimum Gasteiger partial charge on any atom is -0.320 e. The second-order valence-corrected chi connectivity index (χ2v) is 5.97. The standard InChI is InChI=1S/C20H32N2/c1-5-9-15-20(21,18-13-11-10-12-14-18)19(8-4)22(16-6-2)17-7-3/h6-7,10-14,19H,2-3,5,8-9,15-17,21H2,1,4H3. The van der Waals surface area contributed by atoms with Gasteiger partial charge in [0.25, 0.3) is 0 Å². The number of rotatable bonds is 11. The lowest BCUT2D eigenvalue weighted by atomic mass is 9.77. The second-order valence-electron chi connectivity index (χ2n) is 5.97. The molecule has 2 heteroatoms. The molecule has 0 bridgehead atoms. The second kappa shape index (κ2) is 9.60. The van der Waals surface area contributed by atoms with E-state index in [1.807, 2.05) is 12.2 Å². The first-order valence-electron chi connectivity index (χ1n) is 8.44. The number of hydrogen-bond acceptors (Lipinski definition) is 2. The number of hydrogen-bond donors (Lipinski definition) is 1.